The van der Waals surface area contributed by atoms with Crippen LogP contribution in [0, 0.1) is 13.8 Å². The van der Waals surface area contributed by atoms with Gasteiger partial charge in [0.2, 0.25) is 5.78 Å². The molecule has 0 atom stereocenters. The molecule has 0 spiro atoms. The smallest absolute Gasteiger partial charge is 0.354 e. The molecule has 1 N–H and O–H groups in total. The molecule has 0 bridgehead atoms. The Hall–Kier alpha value is -2.01. The van der Waals surface area contributed by atoms with Gasteiger partial charge in [-0.05, 0) is 31.5 Å². The molecule has 0 unspecified atom stereocenters. The first-order valence-corrected chi connectivity index (χ1v) is 6.17. The normalized spacial score (nSPS) is 11.6. The van der Waals surface area contributed by atoms with E-state index in [1.807, 2.05) is 6.92 Å². The molecule has 0 radical (unpaired) electrons. The van der Waals surface area contributed by atoms with Crippen molar-refractivity contribution in [2.24, 2.45) is 7.05 Å². The molecule has 3 aromatic rings. The summed E-state index contributed by atoms with van der Waals surface area (Å²) in [6, 6.07) is 3.57. The second kappa shape index (κ2) is 3.74. The average Bonchev–Trinajstić information content (AvgIpc) is 2.83. The molecule has 0 aliphatic rings. The monoisotopic (exact) mass is 277 g/mol. The summed E-state index contributed by atoms with van der Waals surface area (Å²) in [6.45, 7) is 3.65. The quantitative estimate of drug-likeness (QED) is 0.744. The summed E-state index contributed by atoms with van der Waals surface area (Å²) in [5.74, 6) is -0.356. The Labute approximate surface area is 114 Å². The van der Waals surface area contributed by atoms with Crippen LogP contribution in [0.2, 0.25) is 5.02 Å². The maximum absolute atomic E-state index is 11.5. The van der Waals surface area contributed by atoms with Crippen molar-refractivity contribution in [3.63, 3.8) is 0 Å². The summed E-state index contributed by atoms with van der Waals surface area (Å²) in [7, 11) is 1.81. The van der Waals surface area contributed by atoms with Crippen LogP contribution in [0.5, 0.6) is 0 Å². The number of halogens is 1. The Balaban J connectivity index is 2.61. The summed E-state index contributed by atoms with van der Waals surface area (Å²) in [5.41, 5.74) is 3.27. The highest BCUT2D eigenvalue weighted by Crippen LogP contribution is 2.28. The van der Waals surface area contributed by atoms with E-state index in [4.69, 9.17) is 11.6 Å². The molecule has 5 nitrogen and oxygen atoms in total. The van der Waals surface area contributed by atoms with Crippen molar-refractivity contribution in [2.45, 2.75) is 13.8 Å². The van der Waals surface area contributed by atoms with Crippen molar-refractivity contribution in [3.8, 4) is 0 Å². The fourth-order valence-corrected chi connectivity index (χ4v) is 2.56. The minimum absolute atomic E-state index is 0.238. The molecule has 3 rings (SSSR count). The van der Waals surface area contributed by atoms with Gasteiger partial charge in [0.05, 0.1) is 11.0 Å². The van der Waals surface area contributed by atoms with Crippen LogP contribution in [0.15, 0.2) is 12.1 Å². The van der Waals surface area contributed by atoms with Crippen LogP contribution in [0.1, 0.15) is 21.7 Å². The van der Waals surface area contributed by atoms with Crippen molar-refractivity contribution in [1.82, 2.24) is 14.0 Å². The van der Waals surface area contributed by atoms with Crippen molar-refractivity contribution >= 4 is 34.4 Å². The number of rotatable bonds is 1. The number of benzene rings is 1. The first kappa shape index (κ1) is 12.0. The second-order valence-electron chi connectivity index (χ2n) is 4.59. The number of fused-ring (bicyclic) bond motifs is 3. The average molecular weight is 278 g/mol. The van der Waals surface area contributed by atoms with Crippen LogP contribution in [-0.4, -0.2) is 25.0 Å². The van der Waals surface area contributed by atoms with Crippen LogP contribution in [0.4, 0.5) is 0 Å². The summed E-state index contributed by atoms with van der Waals surface area (Å²) in [6.07, 6.45) is 0. The number of aromatic carboxylic acids is 1. The number of carboxylic acids is 1. The first-order valence-electron chi connectivity index (χ1n) is 5.79. The van der Waals surface area contributed by atoms with Gasteiger partial charge in [0.25, 0.3) is 0 Å². The zero-order chi connectivity index (χ0) is 13.9. The lowest BCUT2D eigenvalue weighted by molar-refractivity contribution is 0.0688. The molecule has 0 aliphatic carbocycles. The third-order valence-electron chi connectivity index (χ3n) is 3.57. The third kappa shape index (κ3) is 1.42. The molecule has 0 fully saturated rings. The minimum atomic E-state index is -0.963. The topological polar surface area (TPSA) is 59.5 Å². The Morgan fingerprint density at radius 1 is 1.37 bits per heavy atom. The lowest BCUT2D eigenvalue weighted by Gasteiger charge is -2.00. The number of aryl methyl sites for hydroxylation is 2. The van der Waals surface area contributed by atoms with Crippen molar-refractivity contribution < 1.29 is 9.90 Å². The van der Waals surface area contributed by atoms with Gasteiger partial charge in [0.1, 0.15) is 0 Å². The fraction of sp³-hybridized carbons (Fsp3) is 0.231. The Morgan fingerprint density at radius 2 is 2.05 bits per heavy atom. The second-order valence-corrected chi connectivity index (χ2v) is 4.99. The van der Waals surface area contributed by atoms with Gasteiger partial charge in [0, 0.05) is 17.8 Å². The molecule has 98 valence electrons. The maximum atomic E-state index is 11.5. The molecule has 0 aliphatic heterocycles. The van der Waals surface area contributed by atoms with Crippen LogP contribution in [-0.2, 0) is 7.05 Å². The molecule has 2 heterocycles. The number of imidazole rings is 2. The van der Waals surface area contributed by atoms with E-state index in [1.54, 1.807) is 35.1 Å². The highest BCUT2D eigenvalue weighted by Gasteiger charge is 2.22. The van der Waals surface area contributed by atoms with E-state index < -0.39 is 5.97 Å². The summed E-state index contributed by atoms with van der Waals surface area (Å²) in [4.78, 5) is 16.0. The largest absolute Gasteiger partial charge is 0.477 e. The number of hydrogen-bond acceptors (Lipinski definition) is 2. The zero-order valence-electron chi connectivity index (χ0n) is 10.7. The van der Waals surface area contributed by atoms with E-state index in [0.29, 0.717) is 16.5 Å². The molecular weight excluding hydrogens is 266 g/mol. The fourth-order valence-electron chi connectivity index (χ4n) is 2.41. The maximum Gasteiger partial charge on any atom is 0.354 e. The number of nitrogens with zero attached hydrogens (tertiary/aromatic N) is 3. The zero-order valence-corrected chi connectivity index (χ0v) is 11.5. The Kier molecular flexibility index (Phi) is 2.37. The van der Waals surface area contributed by atoms with Gasteiger partial charge >= 0.3 is 5.97 Å². The van der Waals surface area contributed by atoms with Gasteiger partial charge in [-0.25, -0.2) is 9.78 Å². The standard InChI is InChI=1S/C13H12ClN3O2/c1-6-8(14)4-5-9-10(6)15-13-16(3)7(2)11(12(18)19)17(9)13/h4-5H,1-3H3,(H,18,19). The number of carbonyl (C=O) groups is 1. The number of carboxylic acid groups (broad SMARTS) is 1. The lowest BCUT2D eigenvalue weighted by atomic mass is 10.2. The molecule has 2 aromatic heterocycles. The summed E-state index contributed by atoms with van der Waals surface area (Å²) < 4.78 is 3.44. The summed E-state index contributed by atoms with van der Waals surface area (Å²) >= 11 is 6.08. The first-order chi connectivity index (χ1) is 8.93. The third-order valence-corrected chi connectivity index (χ3v) is 3.98. The molecular formula is C13H12ClN3O2. The lowest BCUT2D eigenvalue weighted by Crippen LogP contribution is -2.03. The van der Waals surface area contributed by atoms with E-state index in [0.717, 1.165) is 16.6 Å². The van der Waals surface area contributed by atoms with Crippen LogP contribution in [0.25, 0.3) is 16.8 Å². The van der Waals surface area contributed by atoms with E-state index >= 15 is 0 Å². The van der Waals surface area contributed by atoms with Crippen molar-refractivity contribution in [3.05, 3.63) is 34.1 Å². The van der Waals surface area contributed by atoms with Gasteiger partial charge in [-0.15, -0.1) is 0 Å². The Morgan fingerprint density at radius 3 is 2.68 bits per heavy atom. The number of hydrogen-bond donors (Lipinski definition) is 1. The predicted molar refractivity (Wildman–Crippen MR) is 73.1 cm³/mol. The van der Waals surface area contributed by atoms with Crippen LogP contribution in [0.3, 0.4) is 0 Å². The van der Waals surface area contributed by atoms with Gasteiger partial charge < -0.3 is 9.67 Å². The molecule has 19 heavy (non-hydrogen) atoms. The molecule has 0 amide bonds. The number of aromatic nitrogens is 3. The highest BCUT2D eigenvalue weighted by atomic mass is 35.5. The van der Waals surface area contributed by atoms with Gasteiger partial charge in [-0.1, -0.05) is 11.6 Å². The molecule has 0 saturated heterocycles. The SMILES string of the molecule is Cc1c(Cl)ccc2c1nc1n(C)c(C)c(C(=O)O)n21. The van der Waals surface area contributed by atoms with Gasteiger partial charge in [0.15, 0.2) is 5.69 Å². The van der Waals surface area contributed by atoms with Gasteiger partial charge in [-0.3, -0.25) is 4.40 Å². The minimum Gasteiger partial charge on any atom is -0.477 e. The van der Waals surface area contributed by atoms with Crippen LogP contribution >= 0.6 is 11.6 Å². The van der Waals surface area contributed by atoms with Crippen molar-refractivity contribution in [2.75, 3.05) is 0 Å². The van der Waals surface area contributed by atoms with Crippen molar-refractivity contribution in [1.29, 1.82) is 0 Å². The van der Waals surface area contributed by atoms with E-state index in [9.17, 15) is 9.90 Å². The van der Waals surface area contributed by atoms with E-state index in [1.165, 1.54) is 0 Å². The molecule has 6 heteroatoms. The summed E-state index contributed by atoms with van der Waals surface area (Å²) in [5, 5.41) is 10.0. The predicted octanol–water partition coefficient (Wildman–Crippen LogP) is 2.79. The van der Waals surface area contributed by atoms with Gasteiger partial charge in [-0.2, -0.15) is 0 Å². The highest BCUT2D eigenvalue weighted by molar-refractivity contribution is 6.32. The van der Waals surface area contributed by atoms with E-state index in [2.05, 4.69) is 4.98 Å². The van der Waals surface area contributed by atoms with Crippen LogP contribution < -0.4 is 0 Å². The molecule has 0 saturated carbocycles. The van der Waals surface area contributed by atoms with E-state index in [-0.39, 0.29) is 5.69 Å². The molecule has 1 aromatic carbocycles. The Bertz CT molecular complexity index is 845.